The molecule has 1 saturated carbocycles. The third-order valence-electron chi connectivity index (χ3n) is 3.97. The molecule has 4 nitrogen and oxygen atoms in total. The molecule has 1 aliphatic heterocycles. The van der Waals surface area contributed by atoms with Gasteiger partial charge >= 0.3 is 0 Å². The molecule has 0 amide bonds. The van der Waals surface area contributed by atoms with E-state index in [9.17, 15) is 0 Å². The van der Waals surface area contributed by atoms with Crippen LogP contribution in [0.5, 0.6) is 0 Å². The van der Waals surface area contributed by atoms with Crippen LogP contribution in [0, 0.1) is 5.92 Å². The molecule has 2 N–H and O–H groups in total. The molecule has 1 atom stereocenters. The average Bonchev–Trinajstić information content (AvgIpc) is 3.07. The third-order valence-corrected chi connectivity index (χ3v) is 3.97. The van der Waals surface area contributed by atoms with Crippen molar-refractivity contribution in [1.29, 1.82) is 0 Å². The van der Waals surface area contributed by atoms with E-state index in [4.69, 9.17) is 0 Å². The van der Waals surface area contributed by atoms with Gasteiger partial charge in [-0.2, -0.15) is 5.10 Å². The van der Waals surface area contributed by atoms with Crippen molar-refractivity contribution in [1.82, 2.24) is 9.78 Å². The first-order valence-electron chi connectivity index (χ1n) is 6.22. The molecule has 1 fully saturated rings. The quantitative estimate of drug-likeness (QED) is 0.801. The Labute approximate surface area is 96.4 Å². The first kappa shape index (κ1) is 10.00. The lowest BCUT2D eigenvalue weighted by Crippen LogP contribution is -2.47. The van der Waals surface area contributed by atoms with Gasteiger partial charge in [-0.3, -0.25) is 4.68 Å². The maximum absolute atomic E-state index is 4.55. The summed E-state index contributed by atoms with van der Waals surface area (Å²) in [5.74, 6) is 1.99. The topological polar surface area (TPSA) is 41.9 Å². The summed E-state index contributed by atoms with van der Waals surface area (Å²) >= 11 is 0. The zero-order chi connectivity index (χ0) is 11.3. The van der Waals surface area contributed by atoms with Gasteiger partial charge in [-0.1, -0.05) is 6.92 Å². The van der Waals surface area contributed by atoms with E-state index in [0.717, 1.165) is 24.7 Å². The van der Waals surface area contributed by atoms with E-state index in [1.54, 1.807) is 0 Å². The molecular weight excluding hydrogens is 200 g/mol. The minimum Gasteiger partial charge on any atom is -0.378 e. The van der Waals surface area contributed by atoms with E-state index < -0.39 is 0 Å². The lowest BCUT2D eigenvalue weighted by atomic mass is 9.93. The van der Waals surface area contributed by atoms with Gasteiger partial charge in [-0.15, -0.1) is 0 Å². The number of hydrogen-bond acceptors (Lipinski definition) is 3. The molecule has 1 unspecified atom stereocenters. The number of anilines is 2. The van der Waals surface area contributed by atoms with Crippen molar-refractivity contribution in [2.24, 2.45) is 13.0 Å². The van der Waals surface area contributed by atoms with Crippen LogP contribution >= 0.6 is 0 Å². The van der Waals surface area contributed by atoms with Gasteiger partial charge in [0.05, 0.1) is 11.2 Å². The first-order valence-corrected chi connectivity index (χ1v) is 6.22. The lowest BCUT2D eigenvalue weighted by molar-refractivity contribution is 0.460. The predicted octanol–water partition coefficient (Wildman–Crippen LogP) is 1.99. The Balaban J connectivity index is 1.96. The van der Waals surface area contributed by atoms with E-state index in [1.807, 2.05) is 11.7 Å². The molecule has 0 bridgehead atoms. The molecule has 1 aliphatic carbocycles. The van der Waals surface area contributed by atoms with Crippen LogP contribution in [0.1, 0.15) is 32.4 Å². The highest BCUT2D eigenvalue weighted by molar-refractivity contribution is 5.71. The Morgan fingerprint density at radius 2 is 2.25 bits per heavy atom. The zero-order valence-corrected chi connectivity index (χ0v) is 10.3. The van der Waals surface area contributed by atoms with Crippen LogP contribution in [-0.4, -0.2) is 21.9 Å². The van der Waals surface area contributed by atoms with Crippen LogP contribution < -0.4 is 10.6 Å². The van der Waals surface area contributed by atoms with Crippen molar-refractivity contribution in [2.45, 2.75) is 38.6 Å². The third kappa shape index (κ3) is 1.32. The number of nitrogens with zero attached hydrogens (tertiary/aromatic N) is 2. The summed E-state index contributed by atoms with van der Waals surface area (Å²) in [5, 5.41) is 11.8. The summed E-state index contributed by atoms with van der Waals surface area (Å²) in [6, 6.07) is 0. The Hall–Kier alpha value is -1.19. The monoisotopic (exact) mass is 220 g/mol. The minimum absolute atomic E-state index is 0.214. The van der Waals surface area contributed by atoms with Crippen molar-refractivity contribution >= 4 is 11.5 Å². The van der Waals surface area contributed by atoms with Gasteiger partial charge in [0, 0.05) is 13.6 Å². The molecule has 1 aromatic rings. The predicted molar refractivity (Wildman–Crippen MR) is 65.8 cm³/mol. The molecule has 16 heavy (non-hydrogen) atoms. The van der Waals surface area contributed by atoms with Gasteiger partial charge in [-0.25, -0.2) is 0 Å². The maximum Gasteiger partial charge on any atom is 0.148 e. The summed E-state index contributed by atoms with van der Waals surface area (Å²) in [6.45, 7) is 5.49. The van der Waals surface area contributed by atoms with E-state index in [1.165, 1.54) is 24.2 Å². The van der Waals surface area contributed by atoms with E-state index in [2.05, 4.69) is 29.6 Å². The van der Waals surface area contributed by atoms with E-state index in [0.29, 0.717) is 0 Å². The summed E-state index contributed by atoms with van der Waals surface area (Å²) < 4.78 is 1.97. The molecule has 1 aromatic heterocycles. The smallest absolute Gasteiger partial charge is 0.148 e. The second-order valence-corrected chi connectivity index (χ2v) is 5.32. The molecule has 0 saturated heterocycles. The molecule has 2 aliphatic rings. The molecule has 0 radical (unpaired) electrons. The summed E-state index contributed by atoms with van der Waals surface area (Å²) in [7, 11) is 2.02. The second-order valence-electron chi connectivity index (χ2n) is 5.32. The van der Waals surface area contributed by atoms with Gasteiger partial charge in [0.1, 0.15) is 11.5 Å². The highest BCUT2D eigenvalue weighted by Gasteiger charge is 2.44. The van der Waals surface area contributed by atoms with Crippen molar-refractivity contribution in [3.63, 3.8) is 0 Å². The molecule has 88 valence electrons. The van der Waals surface area contributed by atoms with Crippen LogP contribution in [0.25, 0.3) is 0 Å². The molecule has 2 heterocycles. The maximum atomic E-state index is 4.55. The Morgan fingerprint density at radius 3 is 2.88 bits per heavy atom. The first-order chi connectivity index (χ1) is 7.64. The van der Waals surface area contributed by atoms with Crippen LogP contribution in [0.3, 0.4) is 0 Å². The van der Waals surface area contributed by atoms with Crippen molar-refractivity contribution in [2.75, 3.05) is 17.2 Å². The molecule has 0 spiro atoms. The van der Waals surface area contributed by atoms with E-state index in [-0.39, 0.29) is 5.54 Å². The van der Waals surface area contributed by atoms with Crippen LogP contribution in [-0.2, 0) is 13.5 Å². The van der Waals surface area contributed by atoms with Crippen LogP contribution in [0.2, 0.25) is 0 Å². The minimum atomic E-state index is 0.214. The highest BCUT2D eigenvalue weighted by atomic mass is 15.4. The van der Waals surface area contributed by atoms with Crippen molar-refractivity contribution < 1.29 is 0 Å². The van der Waals surface area contributed by atoms with Crippen LogP contribution in [0.4, 0.5) is 11.5 Å². The number of hydrogen-bond donors (Lipinski definition) is 2. The number of aromatic nitrogens is 2. The number of aryl methyl sites for hydroxylation is 2. The number of nitrogens with one attached hydrogen (secondary N) is 2. The zero-order valence-electron chi connectivity index (χ0n) is 10.3. The molecule has 4 heteroatoms. The van der Waals surface area contributed by atoms with Crippen molar-refractivity contribution in [3.8, 4) is 0 Å². The second kappa shape index (κ2) is 3.15. The van der Waals surface area contributed by atoms with Gasteiger partial charge in [0.15, 0.2) is 0 Å². The lowest BCUT2D eigenvalue weighted by Gasteiger charge is -2.37. The highest BCUT2D eigenvalue weighted by Crippen LogP contribution is 2.45. The Kier molecular flexibility index (Phi) is 1.97. The summed E-state index contributed by atoms with van der Waals surface area (Å²) in [6.07, 6.45) is 3.70. The summed E-state index contributed by atoms with van der Waals surface area (Å²) in [4.78, 5) is 0. The number of rotatable bonds is 2. The van der Waals surface area contributed by atoms with Gasteiger partial charge in [0.2, 0.25) is 0 Å². The normalized spacial score (nSPS) is 28.2. The SMILES string of the molecule is CCc1nn(C)c2c1NCC(C)(C1CC1)N2. The molecule has 0 aromatic carbocycles. The fourth-order valence-corrected chi connectivity index (χ4v) is 2.71. The fraction of sp³-hybridized carbons (Fsp3) is 0.750. The van der Waals surface area contributed by atoms with Gasteiger partial charge in [0.25, 0.3) is 0 Å². The Bertz CT molecular complexity index is 419. The van der Waals surface area contributed by atoms with E-state index >= 15 is 0 Å². The largest absolute Gasteiger partial charge is 0.378 e. The average molecular weight is 220 g/mol. The molecular formula is C12H20N4. The van der Waals surface area contributed by atoms with Crippen LogP contribution in [0.15, 0.2) is 0 Å². The Morgan fingerprint density at radius 1 is 1.50 bits per heavy atom. The standard InChI is InChI=1S/C12H20N4/c1-4-9-10-11(16(3)15-9)14-12(2,7-13-10)8-5-6-8/h8,13-14H,4-7H2,1-3H3. The van der Waals surface area contributed by atoms with Crippen molar-refractivity contribution in [3.05, 3.63) is 5.69 Å². The fourth-order valence-electron chi connectivity index (χ4n) is 2.71. The summed E-state index contributed by atoms with van der Waals surface area (Å²) in [5.41, 5.74) is 2.59. The van der Waals surface area contributed by atoms with Gasteiger partial charge in [-0.05, 0) is 32.1 Å². The van der Waals surface area contributed by atoms with Gasteiger partial charge < -0.3 is 10.6 Å². The number of fused-ring (bicyclic) bond motifs is 1. The molecule has 3 rings (SSSR count).